The molecule has 0 amide bonds. The summed E-state index contributed by atoms with van der Waals surface area (Å²) in [5.74, 6) is 1.73. The van der Waals surface area contributed by atoms with Gasteiger partial charge >= 0.3 is 5.69 Å². The average Bonchev–Trinajstić information content (AvgIpc) is 3.40. The van der Waals surface area contributed by atoms with Crippen molar-refractivity contribution >= 4 is 16.7 Å². The quantitative estimate of drug-likeness (QED) is 0.726. The molecule has 1 aromatic carbocycles. The van der Waals surface area contributed by atoms with Crippen LogP contribution in [-0.4, -0.2) is 25.6 Å². The van der Waals surface area contributed by atoms with Gasteiger partial charge in [0.05, 0.1) is 16.9 Å². The van der Waals surface area contributed by atoms with Crippen molar-refractivity contribution in [3.05, 3.63) is 67.3 Å². The van der Waals surface area contributed by atoms with E-state index in [9.17, 15) is 14.4 Å². The number of hydrogen-bond acceptors (Lipinski definition) is 5. The summed E-state index contributed by atoms with van der Waals surface area (Å²) >= 11 is 0. The normalized spacial score (nSPS) is 19.2. The maximum atomic E-state index is 13.3. The lowest BCUT2D eigenvalue weighted by Crippen LogP contribution is -2.37. The maximum absolute atomic E-state index is 13.3. The van der Waals surface area contributed by atoms with Crippen LogP contribution in [0, 0.1) is 5.92 Å². The van der Waals surface area contributed by atoms with Crippen molar-refractivity contribution in [2.75, 3.05) is 11.4 Å². The second kappa shape index (κ2) is 6.72. The van der Waals surface area contributed by atoms with Crippen LogP contribution in [-0.2, 0) is 13.6 Å². The van der Waals surface area contributed by atoms with Crippen LogP contribution in [0.5, 0.6) is 0 Å². The molecule has 0 spiro atoms. The van der Waals surface area contributed by atoms with Crippen molar-refractivity contribution in [3.8, 4) is 0 Å². The zero-order valence-electron chi connectivity index (χ0n) is 16.3. The number of para-hydroxylation sites is 1. The lowest BCUT2D eigenvalue weighted by atomic mass is 10.1. The fraction of sp³-hybridized carbons (Fsp3) is 0.429. The van der Waals surface area contributed by atoms with E-state index in [0.717, 1.165) is 36.1 Å². The summed E-state index contributed by atoms with van der Waals surface area (Å²) in [6.45, 7) is 1.36. The summed E-state index contributed by atoms with van der Waals surface area (Å²) in [5, 5.41) is 0.628. The Morgan fingerprint density at radius 1 is 1.14 bits per heavy atom. The molecule has 1 unspecified atom stereocenters. The Morgan fingerprint density at radius 2 is 1.93 bits per heavy atom. The number of nitrogens with zero attached hydrogens (tertiary/aromatic N) is 4. The molecule has 0 bridgehead atoms. The number of aromatic amines is 1. The molecule has 3 heterocycles. The van der Waals surface area contributed by atoms with E-state index in [0.29, 0.717) is 35.7 Å². The minimum atomic E-state index is -0.444. The molecule has 1 aliphatic carbocycles. The molecule has 1 saturated heterocycles. The minimum Gasteiger partial charge on any atom is -0.348 e. The van der Waals surface area contributed by atoms with Crippen LogP contribution >= 0.6 is 0 Å². The topological polar surface area (TPSA) is 93.0 Å². The van der Waals surface area contributed by atoms with E-state index in [2.05, 4.69) is 4.98 Å². The van der Waals surface area contributed by atoms with Crippen LogP contribution in [0.3, 0.4) is 0 Å². The number of benzene rings is 1. The molecule has 29 heavy (non-hydrogen) atoms. The molecule has 2 aromatic heterocycles. The molecule has 3 aromatic rings. The van der Waals surface area contributed by atoms with Gasteiger partial charge in [0.2, 0.25) is 0 Å². The predicted molar refractivity (Wildman–Crippen MR) is 110 cm³/mol. The Labute approximate surface area is 166 Å². The number of aromatic nitrogens is 4. The number of hydrogen-bond donors (Lipinski definition) is 1. The fourth-order valence-electron chi connectivity index (χ4n) is 4.20. The molecule has 1 atom stereocenters. The van der Waals surface area contributed by atoms with Crippen molar-refractivity contribution in [2.45, 2.75) is 38.3 Å². The number of nitrogens with one attached hydrogen (secondary N) is 1. The molecule has 1 aliphatic heterocycles. The van der Waals surface area contributed by atoms with Gasteiger partial charge in [0.1, 0.15) is 11.6 Å². The van der Waals surface area contributed by atoms with Gasteiger partial charge in [-0.15, -0.1) is 0 Å². The highest BCUT2D eigenvalue weighted by Gasteiger charge is 2.33. The monoisotopic (exact) mass is 393 g/mol. The van der Waals surface area contributed by atoms with Crippen LogP contribution in [0.15, 0.2) is 44.7 Å². The fourth-order valence-corrected chi connectivity index (χ4v) is 4.20. The van der Waals surface area contributed by atoms with Gasteiger partial charge in [0.25, 0.3) is 11.1 Å². The van der Waals surface area contributed by atoms with Crippen LogP contribution in [0.1, 0.15) is 37.5 Å². The molecule has 1 N–H and O–H groups in total. The van der Waals surface area contributed by atoms with Crippen molar-refractivity contribution in [3.63, 3.8) is 0 Å². The number of H-pyrrole nitrogens is 1. The molecular formula is C21H23N5O3. The number of anilines is 1. The predicted octanol–water partition coefficient (Wildman–Crippen LogP) is 1.54. The van der Waals surface area contributed by atoms with Crippen molar-refractivity contribution in [2.24, 2.45) is 13.0 Å². The first-order valence-corrected chi connectivity index (χ1v) is 10.1. The second-order valence-corrected chi connectivity index (χ2v) is 8.05. The van der Waals surface area contributed by atoms with Gasteiger partial charge in [0.15, 0.2) is 0 Å². The molecule has 1 saturated carbocycles. The molecule has 0 radical (unpaired) electrons. The Balaban J connectivity index is 1.66. The first kappa shape index (κ1) is 17.9. The number of fused-ring (bicyclic) bond motifs is 1. The second-order valence-electron chi connectivity index (χ2n) is 8.05. The Bertz CT molecular complexity index is 1240. The maximum Gasteiger partial charge on any atom is 0.329 e. The van der Waals surface area contributed by atoms with E-state index in [4.69, 9.17) is 4.98 Å². The van der Waals surface area contributed by atoms with Gasteiger partial charge in [-0.3, -0.25) is 23.7 Å². The SMILES string of the molecule is Cn1c(=O)cc(N2CCCC2c2nc3ccccc3c(=O)n2CC2CC2)[nH]c1=O. The highest BCUT2D eigenvalue weighted by atomic mass is 16.2. The lowest BCUT2D eigenvalue weighted by Gasteiger charge is -2.28. The third kappa shape index (κ3) is 3.08. The molecule has 150 valence electrons. The summed E-state index contributed by atoms with van der Waals surface area (Å²) in [6.07, 6.45) is 3.98. The van der Waals surface area contributed by atoms with Crippen LogP contribution in [0.4, 0.5) is 5.82 Å². The smallest absolute Gasteiger partial charge is 0.329 e. The zero-order chi connectivity index (χ0) is 20.1. The van der Waals surface area contributed by atoms with E-state index >= 15 is 0 Å². The molecule has 8 heteroatoms. The van der Waals surface area contributed by atoms with E-state index in [-0.39, 0.29) is 17.2 Å². The van der Waals surface area contributed by atoms with Gasteiger partial charge in [-0.25, -0.2) is 9.78 Å². The summed E-state index contributed by atoms with van der Waals surface area (Å²) in [4.78, 5) is 47.2. The van der Waals surface area contributed by atoms with Gasteiger partial charge in [0, 0.05) is 26.2 Å². The largest absolute Gasteiger partial charge is 0.348 e. The summed E-state index contributed by atoms with van der Waals surface area (Å²) in [5.41, 5.74) is -0.123. The first-order chi connectivity index (χ1) is 14.0. The Kier molecular flexibility index (Phi) is 4.15. The van der Waals surface area contributed by atoms with E-state index in [1.165, 1.54) is 13.1 Å². The minimum absolute atomic E-state index is 0.0122. The van der Waals surface area contributed by atoms with Gasteiger partial charge in [-0.2, -0.15) is 0 Å². The van der Waals surface area contributed by atoms with Crippen molar-refractivity contribution < 1.29 is 0 Å². The van der Waals surface area contributed by atoms with Crippen molar-refractivity contribution in [1.82, 2.24) is 19.1 Å². The third-order valence-electron chi connectivity index (χ3n) is 6.02. The summed E-state index contributed by atoms with van der Waals surface area (Å²) in [6, 6.07) is 8.72. The lowest BCUT2D eigenvalue weighted by molar-refractivity contribution is 0.525. The van der Waals surface area contributed by atoms with E-state index in [1.807, 2.05) is 33.7 Å². The third-order valence-corrected chi connectivity index (χ3v) is 6.02. The molecule has 5 rings (SSSR count). The van der Waals surface area contributed by atoms with Crippen LogP contribution in [0.25, 0.3) is 10.9 Å². The number of rotatable bonds is 4. The van der Waals surface area contributed by atoms with Gasteiger partial charge in [-0.05, 0) is 43.7 Å². The summed E-state index contributed by atoms with van der Waals surface area (Å²) in [7, 11) is 1.45. The molecule has 8 nitrogen and oxygen atoms in total. The first-order valence-electron chi connectivity index (χ1n) is 10.1. The average molecular weight is 393 g/mol. The van der Waals surface area contributed by atoms with E-state index < -0.39 is 5.69 Å². The highest BCUT2D eigenvalue weighted by Crippen LogP contribution is 2.36. The summed E-state index contributed by atoms with van der Waals surface area (Å²) < 4.78 is 2.87. The van der Waals surface area contributed by atoms with Gasteiger partial charge < -0.3 is 4.90 Å². The van der Waals surface area contributed by atoms with Crippen molar-refractivity contribution in [1.29, 1.82) is 0 Å². The standard InChI is InChI=1S/C21H23N5O3/c1-24-18(27)11-17(23-21(24)29)25-10-4-7-16(25)19-22-15-6-3-2-5-14(15)20(28)26(19)12-13-8-9-13/h2-3,5-6,11,13,16H,4,7-10,12H2,1H3,(H,23,29). The highest BCUT2D eigenvalue weighted by molar-refractivity contribution is 5.77. The zero-order valence-corrected chi connectivity index (χ0v) is 16.3. The molecular weight excluding hydrogens is 370 g/mol. The van der Waals surface area contributed by atoms with Crippen LogP contribution in [0.2, 0.25) is 0 Å². The Hall–Kier alpha value is -3.16. The van der Waals surface area contributed by atoms with E-state index in [1.54, 1.807) is 0 Å². The van der Waals surface area contributed by atoms with Crippen LogP contribution < -0.4 is 21.7 Å². The Morgan fingerprint density at radius 3 is 2.69 bits per heavy atom. The molecule has 2 fully saturated rings. The van der Waals surface area contributed by atoms with Gasteiger partial charge in [-0.1, -0.05) is 12.1 Å². The molecule has 2 aliphatic rings.